The van der Waals surface area contributed by atoms with Crippen LogP contribution in [0.2, 0.25) is 0 Å². The number of esters is 1. The van der Waals surface area contributed by atoms with Crippen molar-refractivity contribution in [3.05, 3.63) is 34.7 Å². The second kappa shape index (κ2) is 4.63. The molecule has 1 aromatic heterocycles. The molecule has 0 bridgehead atoms. The maximum Gasteiger partial charge on any atom is 0.348 e. The van der Waals surface area contributed by atoms with Gasteiger partial charge in [-0.05, 0) is 17.0 Å². The predicted octanol–water partition coefficient (Wildman–Crippen LogP) is 2.83. The van der Waals surface area contributed by atoms with E-state index >= 15 is 0 Å². The topological polar surface area (TPSA) is 35.5 Å². The Morgan fingerprint density at radius 3 is 2.88 bits per heavy atom. The fourth-order valence-corrected chi connectivity index (χ4v) is 2.67. The van der Waals surface area contributed by atoms with Crippen molar-refractivity contribution >= 4 is 27.4 Å². The second-order valence-electron chi connectivity index (χ2n) is 3.37. The van der Waals surface area contributed by atoms with E-state index in [1.165, 1.54) is 18.4 Å². The summed E-state index contributed by atoms with van der Waals surface area (Å²) in [5.41, 5.74) is 1.10. The van der Waals surface area contributed by atoms with Gasteiger partial charge in [0, 0.05) is 11.8 Å². The van der Waals surface area contributed by atoms with Gasteiger partial charge in [-0.2, -0.15) is 0 Å². The van der Waals surface area contributed by atoms with Crippen LogP contribution in [0.15, 0.2) is 24.3 Å². The summed E-state index contributed by atoms with van der Waals surface area (Å²) >= 11 is 1.44. The van der Waals surface area contributed by atoms with Crippen LogP contribution in [0.5, 0.6) is 0 Å². The molecular formula is C12H12O3S. The molecule has 2 aromatic rings. The zero-order valence-electron chi connectivity index (χ0n) is 9.15. The average Bonchev–Trinajstić information content (AvgIpc) is 2.73. The minimum absolute atomic E-state index is 0.287. The molecule has 0 amide bonds. The SMILES string of the molecule is COCc1cccc2cc(C(=O)OC)sc12. The lowest BCUT2D eigenvalue weighted by molar-refractivity contribution is 0.0606. The Bertz CT molecular complexity index is 516. The van der Waals surface area contributed by atoms with E-state index in [-0.39, 0.29) is 5.97 Å². The normalized spacial score (nSPS) is 10.6. The first-order valence-electron chi connectivity index (χ1n) is 4.85. The zero-order chi connectivity index (χ0) is 11.5. The first kappa shape index (κ1) is 11.1. The van der Waals surface area contributed by atoms with E-state index in [9.17, 15) is 4.79 Å². The van der Waals surface area contributed by atoms with Gasteiger partial charge in [0.25, 0.3) is 0 Å². The average molecular weight is 236 g/mol. The van der Waals surface area contributed by atoms with Crippen molar-refractivity contribution in [3.63, 3.8) is 0 Å². The fourth-order valence-electron chi connectivity index (χ4n) is 1.59. The highest BCUT2D eigenvalue weighted by molar-refractivity contribution is 7.21. The number of carbonyl (C=O) groups excluding carboxylic acids is 1. The van der Waals surface area contributed by atoms with E-state index in [4.69, 9.17) is 9.47 Å². The summed E-state index contributed by atoms with van der Waals surface area (Å²) in [4.78, 5) is 12.0. The minimum atomic E-state index is -0.287. The van der Waals surface area contributed by atoms with Crippen LogP contribution in [0.3, 0.4) is 0 Å². The Labute approximate surface area is 97.6 Å². The molecule has 1 heterocycles. The smallest absolute Gasteiger partial charge is 0.348 e. The summed E-state index contributed by atoms with van der Waals surface area (Å²) < 4.78 is 10.9. The van der Waals surface area contributed by atoms with Crippen LogP contribution < -0.4 is 0 Å². The third kappa shape index (κ3) is 1.94. The van der Waals surface area contributed by atoms with Crippen LogP contribution in [0.25, 0.3) is 10.1 Å². The van der Waals surface area contributed by atoms with Crippen molar-refractivity contribution in [2.45, 2.75) is 6.61 Å². The lowest BCUT2D eigenvalue weighted by Gasteiger charge is -2.00. The molecule has 0 unspecified atom stereocenters. The molecule has 0 fully saturated rings. The molecule has 0 aliphatic rings. The fraction of sp³-hybridized carbons (Fsp3) is 0.250. The molecule has 0 radical (unpaired) electrons. The van der Waals surface area contributed by atoms with Crippen molar-refractivity contribution in [2.75, 3.05) is 14.2 Å². The standard InChI is InChI=1S/C12H12O3S/c1-14-7-9-5-3-4-8-6-10(12(13)15-2)16-11(8)9/h3-6H,7H2,1-2H3. The summed E-state index contributed by atoms with van der Waals surface area (Å²) in [5, 5.41) is 1.06. The molecule has 0 saturated heterocycles. The van der Waals surface area contributed by atoms with Crippen molar-refractivity contribution in [3.8, 4) is 0 Å². The number of thiophene rings is 1. The molecule has 0 atom stereocenters. The summed E-state index contributed by atoms with van der Waals surface area (Å²) in [6.07, 6.45) is 0. The maximum atomic E-state index is 11.4. The summed E-state index contributed by atoms with van der Waals surface area (Å²) in [7, 11) is 3.05. The molecule has 84 valence electrons. The van der Waals surface area contributed by atoms with Crippen LogP contribution in [-0.2, 0) is 16.1 Å². The highest BCUT2D eigenvalue weighted by atomic mass is 32.1. The van der Waals surface area contributed by atoms with E-state index in [2.05, 4.69) is 0 Å². The molecule has 4 heteroatoms. The van der Waals surface area contributed by atoms with Gasteiger partial charge < -0.3 is 9.47 Å². The van der Waals surface area contributed by atoms with Gasteiger partial charge in [-0.3, -0.25) is 0 Å². The largest absolute Gasteiger partial charge is 0.465 e. The first-order chi connectivity index (χ1) is 7.76. The van der Waals surface area contributed by atoms with E-state index in [0.29, 0.717) is 11.5 Å². The first-order valence-corrected chi connectivity index (χ1v) is 5.66. The number of carbonyl (C=O) groups is 1. The quantitative estimate of drug-likeness (QED) is 0.769. The van der Waals surface area contributed by atoms with Crippen molar-refractivity contribution in [2.24, 2.45) is 0 Å². The summed E-state index contributed by atoms with van der Waals surface area (Å²) in [6.45, 7) is 0.554. The Hall–Kier alpha value is -1.39. The Balaban J connectivity index is 2.52. The molecule has 0 N–H and O–H groups in total. The molecule has 0 aliphatic carbocycles. The number of fused-ring (bicyclic) bond motifs is 1. The van der Waals surface area contributed by atoms with Crippen LogP contribution in [0, 0.1) is 0 Å². The van der Waals surface area contributed by atoms with Gasteiger partial charge in [0.05, 0.1) is 13.7 Å². The highest BCUT2D eigenvalue weighted by Crippen LogP contribution is 2.29. The number of rotatable bonds is 3. The van der Waals surface area contributed by atoms with Crippen LogP contribution in [0.1, 0.15) is 15.2 Å². The van der Waals surface area contributed by atoms with Crippen molar-refractivity contribution < 1.29 is 14.3 Å². The number of methoxy groups -OCH3 is 2. The monoisotopic (exact) mass is 236 g/mol. The van der Waals surface area contributed by atoms with Crippen LogP contribution in [-0.4, -0.2) is 20.2 Å². The number of hydrogen-bond donors (Lipinski definition) is 0. The minimum Gasteiger partial charge on any atom is -0.465 e. The second-order valence-corrected chi connectivity index (χ2v) is 4.42. The van der Waals surface area contributed by atoms with Gasteiger partial charge >= 0.3 is 5.97 Å². The molecule has 0 aliphatic heterocycles. The van der Waals surface area contributed by atoms with Crippen LogP contribution in [0.4, 0.5) is 0 Å². The van der Waals surface area contributed by atoms with E-state index in [1.54, 1.807) is 7.11 Å². The molecular weight excluding hydrogens is 224 g/mol. The van der Waals surface area contributed by atoms with Gasteiger partial charge in [0.2, 0.25) is 0 Å². The molecule has 3 nitrogen and oxygen atoms in total. The highest BCUT2D eigenvalue weighted by Gasteiger charge is 2.12. The van der Waals surface area contributed by atoms with Gasteiger partial charge in [-0.1, -0.05) is 18.2 Å². The third-order valence-corrected chi connectivity index (χ3v) is 3.52. The van der Waals surface area contributed by atoms with E-state index < -0.39 is 0 Å². The van der Waals surface area contributed by atoms with E-state index in [1.807, 2.05) is 24.3 Å². The lowest BCUT2D eigenvalue weighted by atomic mass is 10.2. The Morgan fingerprint density at radius 2 is 2.19 bits per heavy atom. The third-order valence-electron chi connectivity index (χ3n) is 2.31. The summed E-state index contributed by atoms with van der Waals surface area (Å²) in [6, 6.07) is 7.80. The van der Waals surface area contributed by atoms with Gasteiger partial charge in [-0.25, -0.2) is 4.79 Å². The molecule has 0 spiro atoms. The lowest BCUT2D eigenvalue weighted by Crippen LogP contribution is -1.96. The van der Waals surface area contributed by atoms with Crippen molar-refractivity contribution in [1.82, 2.24) is 0 Å². The van der Waals surface area contributed by atoms with Crippen LogP contribution >= 0.6 is 11.3 Å². The number of benzene rings is 1. The van der Waals surface area contributed by atoms with Gasteiger partial charge in [-0.15, -0.1) is 11.3 Å². The molecule has 2 rings (SSSR count). The van der Waals surface area contributed by atoms with Gasteiger partial charge in [0.1, 0.15) is 4.88 Å². The maximum absolute atomic E-state index is 11.4. The molecule has 16 heavy (non-hydrogen) atoms. The van der Waals surface area contributed by atoms with E-state index in [0.717, 1.165) is 15.6 Å². The molecule has 0 saturated carbocycles. The number of hydrogen-bond acceptors (Lipinski definition) is 4. The predicted molar refractivity (Wildman–Crippen MR) is 63.9 cm³/mol. The summed E-state index contributed by atoms with van der Waals surface area (Å²) in [5.74, 6) is -0.287. The zero-order valence-corrected chi connectivity index (χ0v) is 9.97. The van der Waals surface area contributed by atoms with Gasteiger partial charge in [0.15, 0.2) is 0 Å². The Kier molecular flexibility index (Phi) is 3.22. The molecule has 1 aromatic carbocycles. The number of ether oxygens (including phenoxy) is 2. The van der Waals surface area contributed by atoms with Crippen molar-refractivity contribution in [1.29, 1.82) is 0 Å². The Morgan fingerprint density at radius 1 is 1.38 bits per heavy atom.